The van der Waals surface area contributed by atoms with Gasteiger partial charge in [0.15, 0.2) is 0 Å². The van der Waals surface area contributed by atoms with Crippen molar-refractivity contribution in [1.29, 1.82) is 0 Å². The Morgan fingerprint density at radius 3 is 2.71 bits per heavy atom. The predicted octanol–water partition coefficient (Wildman–Crippen LogP) is 3.61. The van der Waals surface area contributed by atoms with Crippen LogP contribution in [0.4, 0.5) is 8.78 Å². The second-order valence-electron chi connectivity index (χ2n) is 6.70. The third-order valence-corrected chi connectivity index (χ3v) is 5.26. The van der Waals surface area contributed by atoms with Crippen LogP contribution in [0.3, 0.4) is 0 Å². The molecule has 0 radical (unpaired) electrons. The van der Waals surface area contributed by atoms with Gasteiger partial charge in [-0.2, -0.15) is 0 Å². The van der Waals surface area contributed by atoms with Crippen LogP contribution in [0.25, 0.3) is 0 Å². The number of rotatable bonds is 3. The lowest BCUT2D eigenvalue weighted by atomic mass is 9.90. The minimum atomic E-state index is -0.572. The summed E-state index contributed by atoms with van der Waals surface area (Å²) in [6.07, 6.45) is 4.16. The third-order valence-electron chi connectivity index (χ3n) is 5.26. The van der Waals surface area contributed by atoms with Crippen LogP contribution < -0.4 is 5.32 Å². The first-order chi connectivity index (χ1) is 11.1. The van der Waals surface area contributed by atoms with E-state index in [1.807, 2.05) is 6.92 Å². The summed E-state index contributed by atoms with van der Waals surface area (Å²) in [7, 11) is 0. The van der Waals surface area contributed by atoms with E-state index >= 15 is 0 Å². The van der Waals surface area contributed by atoms with Crippen molar-refractivity contribution in [3.8, 4) is 0 Å². The minimum absolute atomic E-state index is 0. The topological polar surface area (TPSA) is 32.3 Å². The molecular weight excluding hydrogens is 334 g/mol. The molecule has 0 aliphatic carbocycles. The standard InChI is InChI=1S/C18H24F2N2O.ClH/c1-12-16-10-14(19)11-17(20)15(16)6-9-22(12)18(23)3-2-13-4-7-21-8-5-13;/h10-13,21H,2-9H2,1H3;1H. The largest absolute Gasteiger partial charge is 0.336 e. The SMILES string of the molecule is CC1c2cc(F)cc(F)c2CCN1C(=O)CCC1CCNCC1.Cl. The molecule has 1 aromatic rings. The van der Waals surface area contributed by atoms with Gasteiger partial charge in [0.2, 0.25) is 5.91 Å². The number of halogens is 3. The van der Waals surface area contributed by atoms with Crippen molar-refractivity contribution in [2.24, 2.45) is 5.92 Å². The molecular formula is C18H25ClF2N2O. The number of nitrogens with zero attached hydrogens (tertiary/aromatic N) is 1. The lowest BCUT2D eigenvalue weighted by Crippen LogP contribution is -2.39. The molecule has 0 spiro atoms. The van der Waals surface area contributed by atoms with E-state index in [0.717, 1.165) is 38.4 Å². The van der Waals surface area contributed by atoms with Gasteiger partial charge >= 0.3 is 0 Å². The van der Waals surface area contributed by atoms with Crippen LogP contribution in [-0.2, 0) is 11.2 Å². The van der Waals surface area contributed by atoms with Gasteiger partial charge in [-0.1, -0.05) is 0 Å². The van der Waals surface area contributed by atoms with Crippen LogP contribution in [0.5, 0.6) is 0 Å². The highest BCUT2D eigenvalue weighted by Crippen LogP contribution is 2.32. The highest BCUT2D eigenvalue weighted by atomic mass is 35.5. The van der Waals surface area contributed by atoms with E-state index in [9.17, 15) is 13.6 Å². The fraction of sp³-hybridized carbons (Fsp3) is 0.611. The van der Waals surface area contributed by atoms with Crippen molar-refractivity contribution in [1.82, 2.24) is 10.2 Å². The van der Waals surface area contributed by atoms with Gasteiger partial charge in [0.05, 0.1) is 6.04 Å². The lowest BCUT2D eigenvalue weighted by molar-refractivity contribution is -0.134. The van der Waals surface area contributed by atoms with E-state index in [1.54, 1.807) is 4.90 Å². The highest BCUT2D eigenvalue weighted by molar-refractivity contribution is 5.85. The number of benzene rings is 1. The van der Waals surface area contributed by atoms with Crippen molar-refractivity contribution < 1.29 is 13.6 Å². The van der Waals surface area contributed by atoms with Gasteiger partial charge in [-0.05, 0) is 68.8 Å². The third kappa shape index (κ3) is 4.06. The molecule has 2 aliphatic heterocycles. The van der Waals surface area contributed by atoms with Crippen molar-refractivity contribution >= 4 is 18.3 Å². The van der Waals surface area contributed by atoms with Crippen molar-refractivity contribution in [2.45, 2.75) is 45.1 Å². The number of carbonyl (C=O) groups is 1. The quantitative estimate of drug-likeness (QED) is 0.895. The molecule has 2 aliphatic rings. The Hall–Kier alpha value is -1.20. The first kappa shape index (κ1) is 19.1. The zero-order chi connectivity index (χ0) is 16.4. The summed E-state index contributed by atoms with van der Waals surface area (Å²) in [4.78, 5) is 14.3. The van der Waals surface area contributed by atoms with Gasteiger partial charge in [0.25, 0.3) is 0 Å². The fourth-order valence-electron chi connectivity index (χ4n) is 3.84. The Kier molecular flexibility index (Phi) is 6.58. The Labute approximate surface area is 148 Å². The summed E-state index contributed by atoms with van der Waals surface area (Å²) in [6.45, 7) is 4.44. The zero-order valence-corrected chi connectivity index (χ0v) is 14.8. The summed E-state index contributed by atoms with van der Waals surface area (Å²) >= 11 is 0. The monoisotopic (exact) mass is 358 g/mol. The smallest absolute Gasteiger partial charge is 0.223 e. The number of hydrogen-bond acceptors (Lipinski definition) is 2. The maximum atomic E-state index is 13.9. The molecule has 1 aromatic carbocycles. The average Bonchev–Trinajstić information content (AvgIpc) is 2.54. The van der Waals surface area contributed by atoms with Crippen LogP contribution in [0, 0.1) is 17.6 Å². The first-order valence-corrected chi connectivity index (χ1v) is 8.54. The summed E-state index contributed by atoms with van der Waals surface area (Å²) in [5, 5.41) is 3.33. The second-order valence-corrected chi connectivity index (χ2v) is 6.70. The van der Waals surface area contributed by atoms with Gasteiger partial charge < -0.3 is 10.2 Å². The normalized spacial score (nSPS) is 21.1. The van der Waals surface area contributed by atoms with Gasteiger partial charge in [-0.3, -0.25) is 4.79 Å². The molecule has 1 fully saturated rings. The number of fused-ring (bicyclic) bond motifs is 1. The molecule has 6 heteroatoms. The van der Waals surface area contributed by atoms with Crippen LogP contribution >= 0.6 is 12.4 Å². The Balaban J connectivity index is 0.00000208. The summed E-state index contributed by atoms with van der Waals surface area (Å²) < 4.78 is 27.4. The number of amides is 1. The van der Waals surface area contributed by atoms with Crippen molar-refractivity contribution in [3.63, 3.8) is 0 Å². The molecule has 134 valence electrons. The van der Waals surface area contributed by atoms with E-state index in [2.05, 4.69) is 5.32 Å². The second kappa shape index (κ2) is 8.26. The van der Waals surface area contributed by atoms with E-state index in [4.69, 9.17) is 0 Å². The number of hydrogen-bond donors (Lipinski definition) is 1. The molecule has 0 saturated carbocycles. The molecule has 1 saturated heterocycles. The van der Waals surface area contributed by atoms with Gasteiger partial charge in [-0.15, -0.1) is 12.4 Å². The molecule has 3 rings (SSSR count). The maximum Gasteiger partial charge on any atom is 0.223 e. The van der Waals surface area contributed by atoms with Crippen molar-refractivity contribution in [3.05, 3.63) is 34.9 Å². The first-order valence-electron chi connectivity index (χ1n) is 8.54. The molecule has 1 amide bonds. The van der Waals surface area contributed by atoms with Gasteiger partial charge in [0, 0.05) is 19.0 Å². The van der Waals surface area contributed by atoms with Crippen LogP contribution in [0.2, 0.25) is 0 Å². The van der Waals surface area contributed by atoms with E-state index in [-0.39, 0.29) is 24.4 Å². The summed E-state index contributed by atoms with van der Waals surface area (Å²) in [6, 6.07) is 2.04. The summed E-state index contributed by atoms with van der Waals surface area (Å²) in [5.41, 5.74) is 1.17. The molecule has 2 heterocycles. The molecule has 1 N–H and O–H groups in total. The van der Waals surface area contributed by atoms with Crippen LogP contribution in [-0.4, -0.2) is 30.4 Å². The fourth-order valence-corrected chi connectivity index (χ4v) is 3.84. The summed E-state index contributed by atoms with van der Waals surface area (Å²) in [5.74, 6) is -0.348. The van der Waals surface area contributed by atoms with Crippen molar-refractivity contribution in [2.75, 3.05) is 19.6 Å². The minimum Gasteiger partial charge on any atom is -0.336 e. The van der Waals surface area contributed by atoms with E-state index in [1.165, 1.54) is 6.07 Å². The zero-order valence-electron chi connectivity index (χ0n) is 14.0. The van der Waals surface area contributed by atoms with Gasteiger partial charge in [0.1, 0.15) is 11.6 Å². The number of nitrogens with one attached hydrogen (secondary N) is 1. The van der Waals surface area contributed by atoms with Crippen LogP contribution in [0.15, 0.2) is 12.1 Å². The average molecular weight is 359 g/mol. The lowest BCUT2D eigenvalue weighted by Gasteiger charge is -2.36. The Morgan fingerprint density at radius 2 is 2.00 bits per heavy atom. The predicted molar refractivity (Wildman–Crippen MR) is 92.3 cm³/mol. The number of piperidine rings is 1. The maximum absolute atomic E-state index is 13.9. The van der Waals surface area contributed by atoms with Gasteiger partial charge in [-0.25, -0.2) is 8.78 Å². The molecule has 3 nitrogen and oxygen atoms in total. The molecule has 0 aromatic heterocycles. The molecule has 1 atom stereocenters. The Bertz CT molecular complexity index is 591. The Morgan fingerprint density at radius 1 is 1.29 bits per heavy atom. The molecule has 24 heavy (non-hydrogen) atoms. The van der Waals surface area contributed by atoms with E-state index in [0.29, 0.717) is 36.4 Å². The highest BCUT2D eigenvalue weighted by Gasteiger charge is 2.30. The number of carbonyl (C=O) groups excluding carboxylic acids is 1. The van der Waals surface area contributed by atoms with Crippen LogP contribution in [0.1, 0.15) is 49.8 Å². The molecule has 1 unspecified atom stereocenters. The van der Waals surface area contributed by atoms with E-state index < -0.39 is 11.6 Å². The molecule has 0 bridgehead atoms.